The number of rotatable bonds is 3. The number of aromatic nitrogens is 5. The second kappa shape index (κ2) is 10.0. The van der Waals surface area contributed by atoms with Crippen LogP contribution in [0.25, 0.3) is 67.3 Å². The number of aryl methyl sites for hydroxylation is 1. The highest BCUT2D eigenvalue weighted by molar-refractivity contribution is 14.1. The number of hydrogen-bond acceptors (Lipinski definition) is 3. The lowest BCUT2D eigenvalue weighted by Crippen LogP contribution is -2.19. The first-order valence-corrected chi connectivity index (χ1v) is 16.6. The van der Waals surface area contributed by atoms with Gasteiger partial charge in [-0.2, -0.15) is 0 Å². The Bertz CT molecular complexity index is 2220. The fourth-order valence-electron chi connectivity index (χ4n) is 7.39. The topological polar surface area (TPSA) is 48.0 Å². The Kier molecular flexibility index (Phi) is 5.93. The molecule has 2 aliphatic carbocycles. The summed E-state index contributed by atoms with van der Waals surface area (Å²) in [6.45, 7) is 0. The minimum atomic E-state index is 0.485. The lowest BCUT2D eigenvalue weighted by Gasteiger charge is -2.28. The molecule has 4 aromatic heterocycles. The zero-order valence-corrected chi connectivity index (χ0v) is 25.9. The van der Waals surface area contributed by atoms with E-state index in [2.05, 4.69) is 117 Å². The molecule has 210 valence electrons. The van der Waals surface area contributed by atoms with Crippen molar-refractivity contribution in [2.24, 2.45) is 0 Å². The van der Waals surface area contributed by atoms with Crippen LogP contribution in [0.2, 0.25) is 0 Å². The zero-order chi connectivity index (χ0) is 28.5. The molecule has 2 aliphatic rings. The second-order valence-corrected chi connectivity index (χ2v) is 13.7. The molecule has 9 rings (SSSR count). The number of benzene rings is 3. The fourth-order valence-corrected chi connectivity index (χ4v) is 8.41. The van der Waals surface area contributed by atoms with E-state index in [1.54, 1.807) is 0 Å². The van der Waals surface area contributed by atoms with Crippen LogP contribution in [0.3, 0.4) is 0 Å². The smallest absolute Gasteiger partial charge is 0.164 e. The van der Waals surface area contributed by atoms with Gasteiger partial charge < -0.3 is 4.57 Å². The molecule has 4 heterocycles. The first-order valence-electron chi connectivity index (χ1n) is 15.3. The summed E-state index contributed by atoms with van der Waals surface area (Å²) in [6, 6.07) is 29.0. The Balaban J connectivity index is 1.18. The van der Waals surface area contributed by atoms with Gasteiger partial charge in [0.1, 0.15) is 17.0 Å². The molecule has 5 nitrogen and oxygen atoms in total. The molecule has 0 amide bonds. The average Bonchev–Trinajstić information content (AvgIpc) is 3.64. The molecule has 3 aromatic carbocycles. The van der Waals surface area contributed by atoms with Crippen molar-refractivity contribution < 1.29 is 0 Å². The van der Waals surface area contributed by atoms with Gasteiger partial charge >= 0.3 is 0 Å². The molecule has 0 bridgehead atoms. The van der Waals surface area contributed by atoms with Gasteiger partial charge in [-0.15, -0.1) is 0 Å². The number of para-hydroxylation sites is 2. The maximum atomic E-state index is 5.16. The number of nitrogens with zero attached hydrogens (tertiary/aromatic N) is 5. The van der Waals surface area contributed by atoms with E-state index in [0.29, 0.717) is 6.04 Å². The molecule has 6 heteroatoms. The number of halogens is 1. The van der Waals surface area contributed by atoms with Gasteiger partial charge in [-0.25, -0.2) is 15.0 Å². The highest BCUT2D eigenvalue weighted by Gasteiger charge is 2.26. The Labute approximate surface area is 263 Å². The highest BCUT2D eigenvalue weighted by Crippen LogP contribution is 2.39. The third-order valence-electron chi connectivity index (χ3n) is 9.41. The van der Waals surface area contributed by atoms with E-state index in [1.807, 2.05) is 12.3 Å². The van der Waals surface area contributed by atoms with Crippen LogP contribution in [0, 0.1) is 0 Å². The van der Waals surface area contributed by atoms with Crippen molar-refractivity contribution in [1.82, 2.24) is 23.9 Å². The van der Waals surface area contributed by atoms with E-state index in [-0.39, 0.29) is 0 Å². The van der Waals surface area contributed by atoms with Crippen LogP contribution in [0.15, 0.2) is 91.1 Å². The van der Waals surface area contributed by atoms with Crippen LogP contribution < -0.4 is 0 Å². The average molecular weight is 672 g/mol. The van der Waals surface area contributed by atoms with Crippen LogP contribution in [-0.2, 0) is 6.42 Å². The summed E-state index contributed by atoms with van der Waals surface area (Å²) in [5.74, 6) is 1.08. The van der Waals surface area contributed by atoms with Crippen LogP contribution in [-0.4, -0.2) is 27.8 Å². The molecule has 0 saturated heterocycles. The van der Waals surface area contributed by atoms with Crippen LogP contribution in [0.5, 0.6) is 0 Å². The normalized spacial score (nSPS) is 18.6. The Morgan fingerprint density at radius 1 is 0.767 bits per heavy atom. The van der Waals surface area contributed by atoms with Gasteiger partial charge in [-0.1, -0.05) is 89.7 Å². The van der Waals surface area contributed by atoms with Crippen molar-refractivity contribution in [3.05, 3.63) is 102 Å². The van der Waals surface area contributed by atoms with Crippen molar-refractivity contribution in [3.8, 4) is 22.5 Å². The third kappa shape index (κ3) is 4.06. The van der Waals surface area contributed by atoms with Crippen molar-refractivity contribution in [2.75, 3.05) is 0 Å². The molecule has 1 saturated carbocycles. The standard InChI is InChI=1S/C37H30IN5/c38-26-7-5-8-27(22-26)42-33-13-4-3-11-31(33)40-35(42)24-16-14-23(15-17-24)25-18-19-29-28-9-1-2-10-30(28)36-41-32-12-6-20-39-37(32)43(36)34(29)21-25/h1,3-4,6,9,11-21,26-27H,2,5,7-8,10,22H2. The summed E-state index contributed by atoms with van der Waals surface area (Å²) in [5, 5.41) is 1.25. The minimum Gasteiger partial charge on any atom is -0.321 e. The lowest BCUT2D eigenvalue weighted by atomic mass is 9.93. The Morgan fingerprint density at radius 2 is 1.60 bits per heavy atom. The van der Waals surface area contributed by atoms with Gasteiger partial charge in [-0.05, 0) is 79.1 Å². The number of alkyl halides is 1. The minimum absolute atomic E-state index is 0.485. The number of hydrogen-bond donors (Lipinski definition) is 0. The summed E-state index contributed by atoms with van der Waals surface area (Å²) in [7, 11) is 0. The maximum absolute atomic E-state index is 5.16. The van der Waals surface area contributed by atoms with Crippen molar-refractivity contribution in [1.29, 1.82) is 0 Å². The molecule has 0 N–H and O–H groups in total. The van der Waals surface area contributed by atoms with Gasteiger partial charge in [0.2, 0.25) is 0 Å². The molecule has 1 fully saturated rings. The van der Waals surface area contributed by atoms with Crippen LogP contribution >= 0.6 is 22.6 Å². The van der Waals surface area contributed by atoms with E-state index in [0.717, 1.165) is 50.4 Å². The van der Waals surface area contributed by atoms with Gasteiger partial charge in [-0.3, -0.25) is 4.40 Å². The summed E-state index contributed by atoms with van der Waals surface area (Å²) in [4.78, 5) is 15.0. The molecule has 43 heavy (non-hydrogen) atoms. The summed E-state index contributed by atoms with van der Waals surface area (Å²) in [6.07, 6.45) is 13.5. The van der Waals surface area contributed by atoms with E-state index in [1.165, 1.54) is 64.4 Å². The second-order valence-electron chi connectivity index (χ2n) is 12.0. The Morgan fingerprint density at radius 3 is 2.51 bits per heavy atom. The summed E-state index contributed by atoms with van der Waals surface area (Å²) in [5.41, 5.74) is 12.5. The van der Waals surface area contributed by atoms with E-state index in [4.69, 9.17) is 15.0 Å². The van der Waals surface area contributed by atoms with Gasteiger partial charge in [0, 0.05) is 32.7 Å². The Hall–Kier alpha value is -4.04. The van der Waals surface area contributed by atoms with Gasteiger partial charge in [0.05, 0.1) is 16.6 Å². The highest BCUT2D eigenvalue weighted by atomic mass is 127. The summed E-state index contributed by atoms with van der Waals surface area (Å²) < 4.78 is 5.51. The predicted molar refractivity (Wildman–Crippen MR) is 185 cm³/mol. The third-order valence-corrected chi connectivity index (χ3v) is 10.5. The molecule has 0 spiro atoms. The van der Waals surface area contributed by atoms with E-state index >= 15 is 0 Å². The van der Waals surface area contributed by atoms with Crippen molar-refractivity contribution in [2.45, 2.75) is 48.5 Å². The van der Waals surface area contributed by atoms with Crippen molar-refractivity contribution >= 4 is 67.4 Å². The number of fused-ring (bicyclic) bond motifs is 9. The van der Waals surface area contributed by atoms with E-state index in [9.17, 15) is 0 Å². The number of imidazole rings is 2. The molecule has 7 aromatic rings. The van der Waals surface area contributed by atoms with Gasteiger partial charge in [0.25, 0.3) is 0 Å². The van der Waals surface area contributed by atoms with Gasteiger partial charge in [0.15, 0.2) is 5.65 Å². The predicted octanol–water partition coefficient (Wildman–Crippen LogP) is 9.60. The maximum Gasteiger partial charge on any atom is 0.164 e. The van der Waals surface area contributed by atoms with Crippen LogP contribution in [0.4, 0.5) is 0 Å². The lowest BCUT2D eigenvalue weighted by molar-refractivity contribution is 0.376. The fraction of sp³-hybridized carbons (Fsp3) is 0.216. The molecule has 2 atom stereocenters. The number of pyridine rings is 2. The largest absolute Gasteiger partial charge is 0.321 e. The first-order chi connectivity index (χ1) is 21.2. The van der Waals surface area contributed by atoms with Crippen molar-refractivity contribution in [3.63, 3.8) is 0 Å². The summed E-state index contributed by atoms with van der Waals surface area (Å²) >= 11 is 2.64. The molecule has 0 aliphatic heterocycles. The molecular weight excluding hydrogens is 641 g/mol. The van der Waals surface area contributed by atoms with Crippen LogP contribution in [0.1, 0.15) is 49.3 Å². The molecule has 2 unspecified atom stereocenters. The molecule has 0 radical (unpaired) electrons. The zero-order valence-electron chi connectivity index (χ0n) is 23.7. The first kappa shape index (κ1) is 25.5. The quantitative estimate of drug-likeness (QED) is 0.139. The molecular formula is C37H30IN5. The van der Waals surface area contributed by atoms with E-state index < -0.39 is 0 Å². The SMILES string of the molecule is IC1CCCC(n2c(-c3ccc(-c4ccc5c6c(c7nc8cccnc8n7c5c4)CCC=C6)cc3)nc3ccccc32)C1. The number of allylic oxidation sites excluding steroid dienone is 1. The monoisotopic (exact) mass is 671 g/mol.